The van der Waals surface area contributed by atoms with Crippen molar-refractivity contribution in [3.05, 3.63) is 35.1 Å². The van der Waals surface area contributed by atoms with Gasteiger partial charge in [-0.1, -0.05) is 31.6 Å². The maximum absolute atomic E-state index is 12.5. The highest BCUT2D eigenvalue weighted by atomic mass is 16.3. The second-order valence-corrected chi connectivity index (χ2v) is 9.48. The first kappa shape index (κ1) is 17.1. The number of allylic oxidation sites excluding steroid dienone is 4. The van der Waals surface area contributed by atoms with Gasteiger partial charge in [0, 0.05) is 11.0 Å². The molecule has 3 heteroatoms. The minimum Gasteiger partial charge on any atom is -0.515 e. The molecule has 0 aromatic carbocycles. The summed E-state index contributed by atoms with van der Waals surface area (Å²) in [7, 11) is 0. The van der Waals surface area contributed by atoms with Crippen molar-refractivity contribution in [2.75, 3.05) is 0 Å². The highest BCUT2D eigenvalue weighted by Crippen LogP contribution is 2.66. The van der Waals surface area contributed by atoms with Gasteiger partial charge in [-0.15, -0.1) is 0 Å². The number of rotatable bonds is 0. The van der Waals surface area contributed by atoms with E-state index >= 15 is 0 Å². The largest absolute Gasteiger partial charge is 0.515 e. The molecule has 4 aliphatic carbocycles. The van der Waals surface area contributed by atoms with Crippen LogP contribution in [0.4, 0.5) is 0 Å². The molecule has 4 rings (SSSR count). The smallest absolute Gasteiger partial charge is 0.187 e. The van der Waals surface area contributed by atoms with E-state index in [1.165, 1.54) is 5.57 Å². The van der Waals surface area contributed by atoms with E-state index in [0.29, 0.717) is 29.7 Å². The molecule has 25 heavy (non-hydrogen) atoms. The lowest BCUT2D eigenvalue weighted by Crippen LogP contribution is -2.54. The Bertz CT molecular complexity index is 726. The van der Waals surface area contributed by atoms with Gasteiger partial charge in [-0.25, -0.2) is 0 Å². The molecule has 3 nitrogen and oxygen atoms in total. The molecule has 0 aromatic heterocycles. The summed E-state index contributed by atoms with van der Waals surface area (Å²) in [6.45, 7) is 8.44. The number of hydrogen-bond donors (Lipinski definition) is 2. The molecule has 0 aliphatic heterocycles. The minimum absolute atomic E-state index is 0.0257. The lowest BCUT2D eigenvalue weighted by molar-refractivity contribution is -0.116. The average molecular weight is 342 g/mol. The van der Waals surface area contributed by atoms with Crippen LogP contribution in [-0.2, 0) is 4.79 Å². The van der Waals surface area contributed by atoms with Gasteiger partial charge in [-0.2, -0.15) is 0 Å². The normalized spacial score (nSPS) is 50.7. The summed E-state index contributed by atoms with van der Waals surface area (Å²) in [6.07, 6.45) is 10.1. The third kappa shape index (κ3) is 1.99. The first-order valence-corrected chi connectivity index (χ1v) is 9.65. The van der Waals surface area contributed by atoms with Crippen molar-refractivity contribution in [2.24, 2.45) is 28.6 Å². The zero-order chi connectivity index (χ0) is 18.2. The van der Waals surface area contributed by atoms with Crippen LogP contribution in [0.3, 0.4) is 0 Å². The Kier molecular flexibility index (Phi) is 3.48. The fourth-order valence-electron chi connectivity index (χ4n) is 6.79. The lowest BCUT2D eigenvalue weighted by atomic mass is 9.45. The monoisotopic (exact) mass is 342 g/mol. The van der Waals surface area contributed by atoms with E-state index in [1.807, 2.05) is 19.9 Å². The van der Waals surface area contributed by atoms with Gasteiger partial charge in [0.2, 0.25) is 0 Å². The average Bonchev–Trinajstić information content (AvgIpc) is 2.81. The number of hydrogen-bond acceptors (Lipinski definition) is 3. The second-order valence-electron chi connectivity index (χ2n) is 9.48. The van der Waals surface area contributed by atoms with Crippen LogP contribution < -0.4 is 0 Å². The van der Waals surface area contributed by atoms with Crippen molar-refractivity contribution in [3.63, 3.8) is 0 Å². The summed E-state index contributed by atoms with van der Waals surface area (Å²) < 4.78 is 0. The minimum atomic E-state index is -0.728. The predicted octanol–water partition coefficient (Wildman–Crippen LogP) is 4.49. The van der Waals surface area contributed by atoms with Crippen molar-refractivity contribution >= 4 is 5.78 Å². The summed E-state index contributed by atoms with van der Waals surface area (Å²) in [5.41, 5.74) is 1.89. The fraction of sp³-hybridized carbons (Fsp3) is 0.682. The summed E-state index contributed by atoms with van der Waals surface area (Å²) in [5.74, 6) is 1.47. The number of carbonyl (C=O) groups excluding carboxylic acids is 1. The Balaban J connectivity index is 1.77. The molecule has 0 spiro atoms. The highest BCUT2D eigenvalue weighted by molar-refractivity contribution is 6.09. The van der Waals surface area contributed by atoms with Gasteiger partial charge >= 0.3 is 0 Å². The van der Waals surface area contributed by atoms with Crippen LogP contribution in [0.25, 0.3) is 0 Å². The van der Waals surface area contributed by atoms with Crippen LogP contribution in [0.5, 0.6) is 0 Å². The third-order valence-corrected chi connectivity index (χ3v) is 8.51. The summed E-state index contributed by atoms with van der Waals surface area (Å²) in [4.78, 5) is 12.5. The number of Topliss-reactive ketones (excluding diaryl/α,β-unsaturated/α-hetero) is 1. The first-order chi connectivity index (χ1) is 11.7. The molecular formula is C22H30O3. The molecule has 136 valence electrons. The predicted molar refractivity (Wildman–Crippen MR) is 98.0 cm³/mol. The van der Waals surface area contributed by atoms with Crippen molar-refractivity contribution in [2.45, 2.75) is 65.4 Å². The zero-order valence-corrected chi connectivity index (χ0v) is 15.8. The molecule has 6 atom stereocenters. The highest BCUT2D eigenvalue weighted by Gasteiger charge is 2.61. The number of aliphatic hydroxyl groups excluding tert-OH is 1. The molecule has 0 bridgehead atoms. The lowest BCUT2D eigenvalue weighted by Gasteiger charge is -2.59. The summed E-state index contributed by atoms with van der Waals surface area (Å²) in [5, 5.41) is 20.5. The summed E-state index contributed by atoms with van der Waals surface area (Å²) >= 11 is 0. The molecule has 0 heterocycles. The molecule has 2 saturated carbocycles. The maximum Gasteiger partial charge on any atom is 0.187 e. The van der Waals surface area contributed by atoms with Gasteiger partial charge in [0.05, 0.1) is 11.9 Å². The molecule has 4 aliphatic rings. The summed E-state index contributed by atoms with van der Waals surface area (Å²) in [6, 6.07) is 0. The second kappa shape index (κ2) is 5.09. The van der Waals surface area contributed by atoms with Crippen molar-refractivity contribution in [1.82, 2.24) is 0 Å². The first-order valence-electron chi connectivity index (χ1n) is 9.65. The zero-order valence-electron chi connectivity index (χ0n) is 15.8. The van der Waals surface area contributed by atoms with E-state index in [1.54, 1.807) is 0 Å². The van der Waals surface area contributed by atoms with Crippen molar-refractivity contribution in [3.8, 4) is 0 Å². The van der Waals surface area contributed by atoms with Gasteiger partial charge in [0.15, 0.2) is 5.78 Å². The Morgan fingerprint density at radius 2 is 1.96 bits per heavy atom. The van der Waals surface area contributed by atoms with Gasteiger partial charge in [0.1, 0.15) is 0 Å². The molecule has 0 aromatic rings. The van der Waals surface area contributed by atoms with E-state index in [-0.39, 0.29) is 16.6 Å². The number of ketones is 1. The molecule has 0 amide bonds. The van der Waals surface area contributed by atoms with Gasteiger partial charge in [0.25, 0.3) is 0 Å². The van der Waals surface area contributed by atoms with Gasteiger partial charge in [-0.05, 0) is 74.7 Å². The van der Waals surface area contributed by atoms with Crippen LogP contribution in [0.15, 0.2) is 35.1 Å². The molecular weight excluding hydrogens is 312 g/mol. The van der Waals surface area contributed by atoms with Crippen LogP contribution >= 0.6 is 0 Å². The standard InChI is InChI=1S/C22H30O3/c1-13-16-6-5-15-17(20(16,2)11-14(12-23)19(13)24)7-9-21(3)18(15)8-10-22(21,4)25/h8,10,12,15,17-18,23,25H,5-7,9,11H2,1-4H3/b14-12-/t15-,17+,18+,20+,21+,22+/m1/s1. The molecule has 2 N–H and O–H groups in total. The molecule has 0 unspecified atom stereocenters. The maximum atomic E-state index is 12.5. The molecule has 2 fully saturated rings. The van der Waals surface area contributed by atoms with E-state index < -0.39 is 5.60 Å². The third-order valence-electron chi connectivity index (χ3n) is 8.51. The number of fused-ring (bicyclic) bond motifs is 5. The molecule has 0 radical (unpaired) electrons. The van der Waals surface area contributed by atoms with Crippen LogP contribution in [0.1, 0.15) is 59.8 Å². The fourth-order valence-corrected chi connectivity index (χ4v) is 6.79. The molecule has 0 saturated heterocycles. The number of carbonyl (C=O) groups is 1. The van der Waals surface area contributed by atoms with E-state index in [2.05, 4.69) is 19.9 Å². The van der Waals surface area contributed by atoms with Crippen molar-refractivity contribution < 1.29 is 15.0 Å². The van der Waals surface area contributed by atoms with E-state index in [4.69, 9.17) is 0 Å². The quantitative estimate of drug-likeness (QED) is 0.387. The Morgan fingerprint density at radius 1 is 1.24 bits per heavy atom. The van der Waals surface area contributed by atoms with Crippen molar-refractivity contribution in [1.29, 1.82) is 0 Å². The van der Waals surface area contributed by atoms with E-state index in [0.717, 1.165) is 37.5 Å². The van der Waals surface area contributed by atoms with Crippen LogP contribution in [-0.4, -0.2) is 21.6 Å². The Morgan fingerprint density at radius 3 is 2.64 bits per heavy atom. The topological polar surface area (TPSA) is 57.5 Å². The van der Waals surface area contributed by atoms with Gasteiger partial charge < -0.3 is 10.2 Å². The number of aliphatic hydroxyl groups is 2. The van der Waals surface area contributed by atoms with E-state index in [9.17, 15) is 15.0 Å². The van der Waals surface area contributed by atoms with Crippen LogP contribution in [0, 0.1) is 28.6 Å². The Hall–Kier alpha value is -1.35. The van der Waals surface area contributed by atoms with Gasteiger partial charge in [-0.3, -0.25) is 4.79 Å². The Labute approximate surface area is 150 Å². The SMILES string of the molecule is CC1=C2CC[C@@H]3[C@H](CC[C@@]4(C)[C@H]3C=C[C@]4(C)O)[C@@]2(C)C/C(=C/O)C1=O. The van der Waals surface area contributed by atoms with Crippen LogP contribution in [0.2, 0.25) is 0 Å².